The highest BCUT2D eigenvalue weighted by Crippen LogP contribution is 2.38. The second kappa shape index (κ2) is 9.54. The maximum Gasteiger partial charge on any atom is 0.410 e. The summed E-state index contributed by atoms with van der Waals surface area (Å²) in [5, 5.41) is 17.9. The fourth-order valence-electron chi connectivity index (χ4n) is 4.38. The van der Waals surface area contributed by atoms with E-state index in [0.717, 1.165) is 12.1 Å². The number of phenolic OH excluding ortho intramolecular Hbond substituents is 1. The second-order valence-electron chi connectivity index (χ2n) is 9.49. The van der Waals surface area contributed by atoms with Crippen molar-refractivity contribution >= 4 is 17.7 Å². The predicted octanol–water partition coefficient (Wildman–Crippen LogP) is 3.16. The molecular weight excluding hydrogens is 438 g/mol. The molecule has 2 aromatic rings. The third-order valence-electron chi connectivity index (χ3n) is 5.92. The molecule has 0 bridgehead atoms. The van der Waals surface area contributed by atoms with Crippen LogP contribution in [0.1, 0.15) is 56.3 Å². The number of nitrogens with zero attached hydrogens (tertiary/aromatic N) is 4. The first-order valence-electron chi connectivity index (χ1n) is 11.7. The van der Waals surface area contributed by atoms with Crippen molar-refractivity contribution in [2.75, 3.05) is 44.6 Å². The zero-order chi connectivity index (χ0) is 24.5. The number of fused-ring (bicyclic) bond motifs is 1. The van der Waals surface area contributed by atoms with E-state index in [-0.39, 0.29) is 24.5 Å². The van der Waals surface area contributed by atoms with Gasteiger partial charge in [-0.3, -0.25) is 4.90 Å². The van der Waals surface area contributed by atoms with Crippen LogP contribution in [0.25, 0.3) is 5.69 Å². The van der Waals surface area contributed by atoms with E-state index in [1.807, 2.05) is 20.8 Å². The van der Waals surface area contributed by atoms with Crippen molar-refractivity contribution in [3.63, 3.8) is 0 Å². The predicted molar refractivity (Wildman–Crippen MR) is 126 cm³/mol. The van der Waals surface area contributed by atoms with Crippen LogP contribution in [0.5, 0.6) is 5.75 Å². The molecule has 2 aliphatic heterocycles. The molecule has 1 saturated heterocycles. The summed E-state index contributed by atoms with van der Waals surface area (Å²) in [6, 6.07) is 6.55. The third kappa shape index (κ3) is 4.96. The van der Waals surface area contributed by atoms with E-state index in [0.29, 0.717) is 49.8 Å². The van der Waals surface area contributed by atoms with Crippen molar-refractivity contribution < 1.29 is 24.2 Å². The first-order valence-corrected chi connectivity index (χ1v) is 11.7. The van der Waals surface area contributed by atoms with Crippen LogP contribution < -0.4 is 5.32 Å². The SMILES string of the molecule is CCOC(=O)c1c2c(nn1-c1ccc(O)cc1)C(N1CCN(C(=O)OC(C)(C)C)CC1)CCN2. The number of carbonyl (C=O) groups excluding carboxylic acids is 2. The number of aromatic nitrogens is 2. The van der Waals surface area contributed by atoms with Crippen LogP contribution in [0.3, 0.4) is 0 Å². The molecule has 0 spiro atoms. The summed E-state index contributed by atoms with van der Waals surface area (Å²) >= 11 is 0. The van der Waals surface area contributed by atoms with Gasteiger partial charge in [0.1, 0.15) is 17.0 Å². The fourth-order valence-corrected chi connectivity index (χ4v) is 4.38. The summed E-state index contributed by atoms with van der Waals surface area (Å²) in [6.07, 6.45) is 0.535. The van der Waals surface area contributed by atoms with Crippen LogP contribution in [0.2, 0.25) is 0 Å². The van der Waals surface area contributed by atoms with Crippen molar-refractivity contribution in [2.45, 2.75) is 45.8 Å². The summed E-state index contributed by atoms with van der Waals surface area (Å²) in [7, 11) is 0. The molecule has 1 amide bonds. The zero-order valence-corrected chi connectivity index (χ0v) is 20.2. The summed E-state index contributed by atoms with van der Waals surface area (Å²) in [5.41, 5.74) is 1.94. The number of ether oxygens (including phenoxy) is 2. The number of esters is 1. The van der Waals surface area contributed by atoms with Crippen molar-refractivity contribution in [1.29, 1.82) is 0 Å². The average Bonchev–Trinajstić information content (AvgIpc) is 3.18. The van der Waals surface area contributed by atoms with Crippen molar-refractivity contribution in [2.24, 2.45) is 0 Å². The van der Waals surface area contributed by atoms with E-state index in [1.54, 1.807) is 40.8 Å². The molecule has 0 saturated carbocycles. The van der Waals surface area contributed by atoms with E-state index in [2.05, 4.69) is 10.2 Å². The first kappa shape index (κ1) is 23.9. The highest BCUT2D eigenvalue weighted by atomic mass is 16.6. The molecule has 184 valence electrons. The molecule has 0 aliphatic carbocycles. The Morgan fingerprint density at radius 1 is 1.15 bits per heavy atom. The first-order chi connectivity index (χ1) is 16.2. The number of hydrogen-bond acceptors (Lipinski definition) is 8. The molecule has 10 nitrogen and oxygen atoms in total. The average molecular weight is 472 g/mol. The van der Waals surface area contributed by atoms with Gasteiger partial charge >= 0.3 is 12.1 Å². The minimum absolute atomic E-state index is 0.00331. The van der Waals surface area contributed by atoms with Crippen LogP contribution in [-0.2, 0) is 9.47 Å². The number of anilines is 1. The van der Waals surface area contributed by atoms with Crippen LogP contribution in [-0.4, -0.2) is 81.7 Å². The molecular formula is C24H33N5O5. The number of hydrogen-bond donors (Lipinski definition) is 2. The summed E-state index contributed by atoms with van der Waals surface area (Å²) in [4.78, 5) is 29.4. The van der Waals surface area contributed by atoms with E-state index < -0.39 is 11.6 Å². The van der Waals surface area contributed by atoms with Crippen LogP contribution >= 0.6 is 0 Å². The van der Waals surface area contributed by atoms with Crippen molar-refractivity contribution in [3.8, 4) is 11.4 Å². The number of aromatic hydroxyl groups is 1. The molecule has 1 aromatic carbocycles. The smallest absolute Gasteiger partial charge is 0.410 e. The maximum atomic E-state index is 12.9. The van der Waals surface area contributed by atoms with Crippen LogP contribution in [0.4, 0.5) is 10.5 Å². The lowest BCUT2D eigenvalue weighted by Crippen LogP contribution is -2.51. The molecule has 4 rings (SSSR count). The van der Waals surface area contributed by atoms with Gasteiger partial charge in [0.25, 0.3) is 0 Å². The Bertz CT molecular complexity index is 1040. The van der Waals surface area contributed by atoms with Gasteiger partial charge in [0.2, 0.25) is 0 Å². The number of carbonyl (C=O) groups is 2. The lowest BCUT2D eigenvalue weighted by molar-refractivity contribution is 0.00951. The lowest BCUT2D eigenvalue weighted by atomic mass is 10.0. The molecule has 1 aromatic heterocycles. The summed E-state index contributed by atoms with van der Waals surface area (Å²) in [6.45, 7) is 10.8. The highest BCUT2D eigenvalue weighted by molar-refractivity contribution is 5.95. The molecule has 2 aliphatic rings. The normalized spacial score (nSPS) is 18.7. The molecule has 1 fully saturated rings. The van der Waals surface area contributed by atoms with Gasteiger partial charge in [0.05, 0.1) is 24.0 Å². The molecule has 34 heavy (non-hydrogen) atoms. The molecule has 1 atom stereocenters. The Kier molecular flexibility index (Phi) is 6.70. The van der Waals surface area contributed by atoms with Crippen molar-refractivity contribution in [1.82, 2.24) is 19.6 Å². The Hall–Kier alpha value is -3.27. The number of piperazine rings is 1. The molecule has 10 heteroatoms. The molecule has 0 radical (unpaired) electrons. The minimum atomic E-state index is -0.525. The van der Waals surface area contributed by atoms with E-state index >= 15 is 0 Å². The largest absolute Gasteiger partial charge is 0.508 e. The maximum absolute atomic E-state index is 12.9. The summed E-state index contributed by atoms with van der Waals surface area (Å²) in [5.74, 6) is -0.315. The van der Waals surface area contributed by atoms with Gasteiger partial charge in [0, 0.05) is 32.7 Å². The number of nitrogens with one attached hydrogen (secondary N) is 1. The van der Waals surface area contributed by atoms with Gasteiger partial charge in [0.15, 0.2) is 5.69 Å². The fraction of sp³-hybridized carbons (Fsp3) is 0.542. The second-order valence-corrected chi connectivity index (χ2v) is 9.49. The topological polar surface area (TPSA) is 109 Å². The van der Waals surface area contributed by atoms with E-state index in [9.17, 15) is 14.7 Å². The Morgan fingerprint density at radius 2 is 1.82 bits per heavy atom. The number of phenols is 1. The standard InChI is InChI=1S/C24H33N5O5/c1-5-33-22(31)21-20-19(26-29(21)16-6-8-17(30)9-7-16)18(10-11-25-20)27-12-14-28(15-13-27)23(32)34-24(2,3)4/h6-9,18,25,30H,5,10-15H2,1-4H3. The number of amides is 1. The van der Waals surface area contributed by atoms with Crippen LogP contribution in [0.15, 0.2) is 24.3 Å². The molecule has 2 N–H and O–H groups in total. The van der Waals surface area contributed by atoms with Gasteiger partial charge in [-0.15, -0.1) is 0 Å². The molecule has 3 heterocycles. The lowest BCUT2D eigenvalue weighted by Gasteiger charge is -2.40. The summed E-state index contributed by atoms with van der Waals surface area (Å²) < 4.78 is 12.4. The Labute approximate surface area is 199 Å². The monoisotopic (exact) mass is 471 g/mol. The zero-order valence-electron chi connectivity index (χ0n) is 20.2. The van der Waals surface area contributed by atoms with Gasteiger partial charge in [-0.2, -0.15) is 5.10 Å². The Morgan fingerprint density at radius 3 is 2.44 bits per heavy atom. The van der Waals surface area contributed by atoms with Crippen LogP contribution in [0, 0.1) is 0 Å². The number of benzene rings is 1. The minimum Gasteiger partial charge on any atom is -0.508 e. The third-order valence-corrected chi connectivity index (χ3v) is 5.92. The van der Waals surface area contributed by atoms with E-state index in [1.165, 1.54) is 0 Å². The van der Waals surface area contributed by atoms with Gasteiger partial charge in [-0.25, -0.2) is 14.3 Å². The highest BCUT2D eigenvalue weighted by Gasteiger charge is 2.37. The van der Waals surface area contributed by atoms with E-state index in [4.69, 9.17) is 14.6 Å². The number of rotatable bonds is 4. The van der Waals surface area contributed by atoms with Gasteiger partial charge in [-0.1, -0.05) is 0 Å². The van der Waals surface area contributed by atoms with Crippen molar-refractivity contribution in [3.05, 3.63) is 35.7 Å². The quantitative estimate of drug-likeness (QED) is 0.655. The Balaban J connectivity index is 1.60. The van der Waals surface area contributed by atoms with Gasteiger partial charge < -0.3 is 24.8 Å². The molecule has 1 unspecified atom stereocenters. The van der Waals surface area contributed by atoms with Gasteiger partial charge in [-0.05, 0) is 58.4 Å².